The first-order valence-corrected chi connectivity index (χ1v) is 10.5. The number of aryl methyl sites for hydroxylation is 3. The summed E-state index contributed by atoms with van der Waals surface area (Å²) in [4.78, 5) is 14.1. The molecule has 154 valence electrons. The Morgan fingerprint density at radius 2 is 2.00 bits per heavy atom. The first kappa shape index (κ1) is 19.0. The normalized spacial score (nSPS) is 14.0. The van der Waals surface area contributed by atoms with Gasteiger partial charge in [0.1, 0.15) is 0 Å². The predicted octanol–water partition coefficient (Wildman–Crippen LogP) is 5.02. The van der Waals surface area contributed by atoms with E-state index in [1.165, 1.54) is 11.3 Å². The second-order valence-electron chi connectivity index (χ2n) is 7.61. The zero-order valence-corrected chi connectivity index (χ0v) is 17.4. The quantitative estimate of drug-likeness (QED) is 0.462. The smallest absolute Gasteiger partial charge is 0.307 e. The molecule has 3 heterocycles. The highest BCUT2D eigenvalue weighted by molar-refractivity contribution is 7.16. The van der Waals surface area contributed by atoms with Crippen LogP contribution in [-0.2, 0) is 20.5 Å². The van der Waals surface area contributed by atoms with Crippen molar-refractivity contribution in [3.8, 4) is 11.1 Å². The van der Waals surface area contributed by atoms with Gasteiger partial charge in [-0.3, -0.25) is 9.48 Å². The third-order valence-corrected chi connectivity index (χ3v) is 6.72. The van der Waals surface area contributed by atoms with E-state index in [0.717, 1.165) is 46.5 Å². The molecule has 2 aromatic heterocycles. The molecule has 0 radical (unpaired) electrons. The standard InChI is InChI=1S/C22H20F2N4OS/c1-26-12-14(11-25-26)16-8-13-4-3-7-28(18(13)10-17(16)21(23)24)15-5-6-20-19(9-15)27(2)22(29)30-20/h5-6,8-12,21H,3-4,7H2,1-2H3. The van der Waals surface area contributed by atoms with Crippen LogP contribution in [0.5, 0.6) is 0 Å². The van der Waals surface area contributed by atoms with Crippen LogP contribution in [0.1, 0.15) is 24.0 Å². The summed E-state index contributed by atoms with van der Waals surface area (Å²) < 4.78 is 32.2. The lowest BCUT2D eigenvalue weighted by Crippen LogP contribution is -2.25. The molecule has 5 rings (SSSR count). The van der Waals surface area contributed by atoms with Crippen LogP contribution < -0.4 is 9.77 Å². The summed E-state index contributed by atoms with van der Waals surface area (Å²) in [6.45, 7) is 0.742. The highest BCUT2D eigenvalue weighted by atomic mass is 32.1. The minimum atomic E-state index is -2.59. The molecule has 2 aromatic carbocycles. The number of hydrogen-bond acceptors (Lipinski definition) is 4. The molecule has 0 N–H and O–H groups in total. The zero-order valence-electron chi connectivity index (χ0n) is 16.6. The molecule has 0 fully saturated rings. The summed E-state index contributed by atoms with van der Waals surface area (Å²) in [6, 6.07) is 9.38. The fourth-order valence-corrected chi connectivity index (χ4v) is 5.05. The van der Waals surface area contributed by atoms with Gasteiger partial charge in [-0.2, -0.15) is 5.10 Å². The Morgan fingerprint density at radius 1 is 1.17 bits per heavy atom. The molecule has 0 amide bonds. The van der Waals surface area contributed by atoms with E-state index >= 15 is 0 Å². The third kappa shape index (κ3) is 3.02. The first-order chi connectivity index (χ1) is 14.4. The number of hydrogen-bond donors (Lipinski definition) is 0. The van der Waals surface area contributed by atoms with Gasteiger partial charge in [0.05, 0.1) is 16.4 Å². The average molecular weight is 426 g/mol. The number of benzene rings is 2. The van der Waals surface area contributed by atoms with Crippen LogP contribution >= 0.6 is 11.3 Å². The van der Waals surface area contributed by atoms with Crippen molar-refractivity contribution in [2.75, 3.05) is 11.4 Å². The molecular weight excluding hydrogens is 406 g/mol. The Hall–Kier alpha value is -3.00. The Kier molecular flexibility index (Phi) is 4.47. The highest BCUT2D eigenvalue weighted by Crippen LogP contribution is 2.41. The third-order valence-electron chi connectivity index (χ3n) is 5.71. The Bertz CT molecular complexity index is 1320. The van der Waals surface area contributed by atoms with E-state index in [4.69, 9.17) is 0 Å². The average Bonchev–Trinajstić information content (AvgIpc) is 3.29. The summed E-state index contributed by atoms with van der Waals surface area (Å²) >= 11 is 1.21. The Morgan fingerprint density at radius 3 is 2.73 bits per heavy atom. The summed E-state index contributed by atoms with van der Waals surface area (Å²) in [6.07, 6.45) is 2.56. The van der Waals surface area contributed by atoms with Crippen molar-refractivity contribution in [2.24, 2.45) is 14.1 Å². The van der Waals surface area contributed by atoms with Crippen LogP contribution in [0.15, 0.2) is 47.5 Å². The van der Waals surface area contributed by atoms with Crippen LogP contribution in [0.3, 0.4) is 0 Å². The van der Waals surface area contributed by atoms with Crippen LogP contribution in [0, 0.1) is 0 Å². The predicted molar refractivity (Wildman–Crippen MR) is 116 cm³/mol. The lowest BCUT2D eigenvalue weighted by Gasteiger charge is -2.32. The second kappa shape index (κ2) is 7.05. The van der Waals surface area contributed by atoms with Gasteiger partial charge in [0.25, 0.3) is 6.43 Å². The molecule has 1 aliphatic rings. The maximum Gasteiger partial charge on any atom is 0.307 e. The van der Waals surface area contributed by atoms with E-state index in [1.54, 1.807) is 41.8 Å². The van der Waals surface area contributed by atoms with Crippen molar-refractivity contribution in [2.45, 2.75) is 19.3 Å². The van der Waals surface area contributed by atoms with Gasteiger partial charge in [-0.25, -0.2) is 8.78 Å². The zero-order chi connectivity index (χ0) is 21.0. The Labute approximate surface area is 175 Å². The monoisotopic (exact) mass is 426 g/mol. The molecule has 0 spiro atoms. The van der Waals surface area contributed by atoms with E-state index in [1.807, 2.05) is 24.3 Å². The lowest BCUT2D eigenvalue weighted by atomic mass is 9.93. The number of anilines is 2. The van der Waals surface area contributed by atoms with Gasteiger partial charge in [-0.05, 0) is 54.3 Å². The highest BCUT2D eigenvalue weighted by Gasteiger charge is 2.25. The van der Waals surface area contributed by atoms with E-state index in [0.29, 0.717) is 11.1 Å². The van der Waals surface area contributed by atoms with E-state index in [-0.39, 0.29) is 10.4 Å². The molecule has 0 bridgehead atoms. The van der Waals surface area contributed by atoms with Gasteiger partial charge in [0.15, 0.2) is 0 Å². The minimum Gasteiger partial charge on any atom is -0.341 e. The molecule has 0 aliphatic carbocycles. The van der Waals surface area contributed by atoms with Gasteiger partial charge >= 0.3 is 4.87 Å². The molecule has 5 nitrogen and oxygen atoms in total. The number of halogens is 2. The number of rotatable bonds is 3. The summed E-state index contributed by atoms with van der Waals surface area (Å²) in [5.41, 5.74) is 4.86. The number of nitrogens with zero attached hydrogens (tertiary/aromatic N) is 4. The van der Waals surface area contributed by atoms with Gasteiger partial charge < -0.3 is 9.47 Å². The molecule has 4 aromatic rings. The number of aromatic nitrogens is 3. The van der Waals surface area contributed by atoms with Crippen molar-refractivity contribution < 1.29 is 8.78 Å². The van der Waals surface area contributed by atoms with Crippen LogP contribution in [0.25, 0.3) is 21.3 Å². The largest absolute Gasteiger partial charge is 0.341 e. The molecule has 0 atom stereocenters. The van der Waals surface area contributed by atoms with Crippen LogP contribution in [-0.4, -0.2) is 20.9 Å². The molecule has 1 aliphatic heterocycles. The number of fused-ring (bicyclic) bond motifs is 2. The maximum absolute atomic E-state index is 14.0. The van der Waals surface area contributed by atoms with Crippen molar-refractivity contribution in [3.05, 3.63) is 63.5 Å². The van der Waals surface area contributed by atoms with Crippen LogP contribution in [0.2, 0.25) is 0 Å². The Balaban J connectivity index is 1.66. The second-order valence-corrected chi connectivity index (χ2v) is 8.60. The molecule has 0 unspecified atom stereocenters. The van der Waals surface area contributed by atoms with Gasteiger partial charge in [-0.1, -0.05) is 11.3 Å². The minimum absolute atomic E-state index is 0.0117. The first-order valence-electron chi connectivity index (χ1n) is 9.73. The molecule has 8 heteroatoms. The molecule has 0 saturated carbocycles. The fourth-order valence-electron chi connectivity index (χ4n) is 4.19. The fraction of sp³-hybridized carbons (Fsp3) is 0.273. The summed E-state index contributed by atoms with van der Waals surface area (Å²) in [7, 11) is 3.53. The molecular formula is C22H20F2N4OS. The van der Waals surface area contributed by atoms with Gasteiger partial charge in [-0.15, -0.1) is 0 Å². The van der Waals surface area contributed by atoms with E-state index in [9.17, 15) is 13.6 Å². The summed E-state index contributed by atoms with van der Waals surface area (Å²) in [5.74, 6) is 0. The number of thiazole rings is 1. The van der Waals surface area contributed by atoms with E-state index < -0.39 is 6.43 Å². The van der Waals surface area contributed by atoms with Gasteiger partial charge in [0.2, 0.25) is 0 Å². The van der Waals surface area contributed by atoms with Crippen molar-refractivity contribution in [3.63, 3.8) is 0 Å². The van der Waals surface area contributed by atoms with E-state index in [2.05, 4.69) is 10.00 Å². The molecule has 0 saturated heterocycles. The SMILES string of the molecule is Cn1cc(-c2cc3c(cc2C(F)F)N(c2ccc4sc(=O)n(C)c4c2)CCC3)cn1. The van der Waals surface area contributed by atoms with Crippen LogP contribution in [0.4, 0.5) is 20.2 Å². The van der Waals surface area contributed by atoms with Gasteiger partial charge in [0, 0.05) is 49.3 Å². The topological polar surface area (TPSA) is 43.1 Å². The number of alkyl halides is 2. The lowest BCUT2D eigenvalue weighted by molar-refractivity contribution is 0.152. The maximum atomic E-state index is 14.0. The van der Waals surface area contributed by atoms with Crippen molar-refractivity contribution in [1.82, 2.24) is 14.3 Å². The van der Waals surface area contributed by atoms with Crippen molar-refractivity contribution in [1.29, 1.82) is 0 Å². The van der Waals surface area contributed by atoms with Crippen molar-refractivity contribution >= 4 is 32.9 Å². The molecule has 30 heavy (non-hydrogen) atoms. The summed E-state index contributed by atoms with van der Waals surface area (Å²) in [5, 5.41) is 4.14.